The molecule has 0 atom stereocenters. The monoisotopic (exact) mass is 4010 g/mol. The van der Waals surface area contributed by atoms with Gasteiger partial charge in [0.1, 0.15) is 0 Å². The predicted octanol–water partition coefficient (Wildman–Crippen LogP) is 10.2. The lowest BCUT2D eigenvalue weighted by molar-refractivity contribution is 0.660. The molecular weight excluding hydrogens is 3990 g/mol. The van der Waals surface area contributed by atoms with E-state index in [1.165, 1.54) is 78.6 Å². The summed E-state index contributed by atoms with van der Waals surface area (Å²) in [6, 6.07) is 50.4. The van der Waals surface area contributed by atoms with Gasteiger partial charge in [-0.1, -0.05) is 111 Å². The molecule has 0 aliphatic heterocycles. The van der Waals surface area contributed by atoms with Gasteiger partial charge < -0.3 is 9.88 Å². The Morgan fingerprint density at radius 3 is 0.640 bits per heavy atom. The summed E-state index contributed by atoms with van der Waals surface area (Å²) in [5, 5.41) is 6.28. The van der Waals surface area contributed by atoms with Gasteiger partial charge in [0.05, 0.1) is 11.0 Å². The fourth-order valence-electron chi connectivity index (χ4n) is 7.96. The quantitative estimate of drug-likeness (QED) is 0.189. The van der Waals surface area contributed by atoms with Crippen molar-refractivity contribution in [3.8, 4) is 27.9 Å². The molecule has 6 aromatic carbocycles. The van der Waals surface area contributed by atoms with Crippen molar-refractivity contribution in [2.75, 3.05) is 5.32 Å². The van der Waals surface area contributed by atoms with E-state index in [0.29, 0.717) is 0 Å². The maximum atomic E-state index is 4.83. The van der Waals surface area contributed by atoms with Crippen molar-refractivity contribution in [2.45, 2.75) is 19.3 Å². The van der Waals surface area contributed by atoms with Crippen molar-refractivity contribution >= 4 is 1010 Å². The van der Waals surface area contributed by atoms with Crippen LogP contribution in [0.1, 0.15) is 25.0 Å². The zero-order valence-electron chi connectivity index (χ0n) is 67.7. The molecule has 0 saturated heterocycles. The van der Waals surface area contributed by atoms with E-state index in [-0.39, 0.29) is 5.41 Å². The van der Waals surface area contributed by atoms with Crippen LogP contribution >= 0.6 is 0 Å². The third-order valence-electron chi connectivity index (χ3n) is 11.7. The highest BCUT2D eigenvalue weighted by atomic mass is 33.6. The standard InChI is InChI=1S/C39H30N2.S109/c1-39(2)33-15-8-6-14-32(33)38-34(39)16-10-17-35(38)40-28-22-19-26(20-23-28)27-21-24-31-30-13-7-9-18-36(30)41(37(31)25-27)29-11-4-3-5-12-29;1-3-5-7-9-11-13-15-17-19-21-23-25-27-29-31-33-35-37-39-41-43-45-47-49-51-53-55-57-59-61-63-65-67-69-71-73-75-77-79-81-83-85-87-89-91-93-95-97-99-101-103-105-107-109-108-106-104-102-100-98-96-94-92-90-88-86-84-82-80-78-76-74-72-70-68-66-64-62-60-58-56-54-52-50-48-46-44-42-40-38-36-34-32-30-28-26-24-22-20-18-16-14-12-10-8-6-4-2/h3-25,40H,1-2H3;. The molecule has 0 saturated carbocycles. The van der Waals surface area contributed by atoms with Crippen LogP contribution in [0.5, 0.6) is 0 Å². The molecule has 2 nitrogen and oxygen atoms in total. The highest BCUT2D eigenvalue weighted by molar-refractivity contribution is 8.88. The molecule has 0 spiro atoms. The van der Waals surface area contributed by atoms with Crippen LogP contribution in [0.15, 0.2) is 140 Å². The Labute approximate surface area is 1180 Å². The van der Waals surface area contributed by atoms with E-state index in [0.717, 1.165) is 11.4 Å². The summed E-state index contributed by atoms with van der Waals surface area (Å²) in [5.41, 5.74) is 13.7. The second-order valence-electron chi connectivity index (χ2n) is 18.8. The lowest BCUT2D eigenvalue weighted by atomic mass is 9.82. The van der Waals surface area contributed by atoms with Crippen LogP contribution in [0.25, 0.3) is 49.7 Å². The van der Waals surface area contributed by atoms with Crippen LogP contribution in [-0.4, -0.2) is 4.57 Å². The Kier molecular flexibility index (Phi) is 124. The summed E-state index contributed by atoms with van der Waals surface area (Å²) in [6.45, 7) is 4.65. The minimum Gasteiger partial charge on any atom is -0.355 e. The van der Waals surface area contributed by atoms with Gasteiger partial charge in [0.25, 0.3) is 0 Å². The number of hydrogen-bond acceptors (Lipinski definition) is 3. The van der Waals surface area contributed by atoms with Crippen molar-refractivity contribution in [2.24, 2.45) is 0 Å². The van der Waals surface area contributed by atoms with Crippen LogP contribution < -0.4 is 5.32 Å². The average Bonchev–Trinajstić information content (AvgIpc) is 1.57. The molecule has 1 aromatic heterocycles. The molecule has 8 rings (SSSR count). The zero-order chi connectivity index (χ0) is 105. The Balaban J connectivity index is 0.000000600. The SMILES string of the molecule is CC1(C)c2ccccc2-c2c(Nc3ccc(-c4ccc5c6ccccc6n(-c6ccccc6)c5c4)cc3)cccc21.S=S=S=S=S=S=S=S=S=S=S=S=S=S=S=S=S=S=S=S=S=S=S=S=S=S=S=S=S=S=S=S=S=S=S=S=S=S=S=S=S=S=S=S=S=S=S=S=S=S=S=S=S=S=S=S=S=S=S=S=S=S=S=S=S=S=S=S=S=S=S=S=S=S=S=S=S=S=S=S=S=S=S=S=S=S=S=S=S=S=S=S=S=S=S=S=S=S=S=S=S=S=S=S=S=S=S=S=S. The molecule has 0 fully saturated rings. The molecule has 0 bridgehead atoms. The number of hydrogen-bond donors (Lipinski definition) is 1. The van der Waals surface area contributed by atoms with E-state index in [1.54, 1.807) is 107 Å². The molecule has 7 aromatic rings. The van der Waals surface area contributed by atoms with Crippen molar-refractivity contribution < 1.29 is 0 Å². The number of nitrogens with zero attached hydrogens (tertiary/aromatic N) is 1. The molecule has 0 unspecified atom stereocenters. The van der Waals surface area contributed by atoms with Crippen molar-refractivity contribution in [3.05, 3.63) is 151 Å². The van der Waals surface area contributed by atoms with Gasteiger partial charge >= 0.3 is 0 Å². The van der Waals surface area contributed by atoms with Crippen LogP contribution in [0, 0.1) is 0 Å². The number of benzene rings is 6. The molecule has 850 valence electrons. The fourth-order valence-corrected chi connectivity index (χ4v) is 296. The van der Waals surface area contributed by atoms with E-state index >= 15 is 0 Å². The van der Waals surface area contributed by atoms with E-state index in [9.17, 15) is 0 Å². The smallest absolute Gasteiger partial charge is 0.0547 e. The van der Waals surface area contributed by atoms with E-state index in [1.807, 2.05) is 826 Å². The average molecular weight is 4020 g/mol. The first-order valence-corrected chi connectivity index (χ1v) is 176. The van der Waals surface area contributed by atoms with Crippen molar-refractivity contribution in [1.29, 1.82) is 0 Å². The molecular formula is C39H30N2S109. The largest absolute Gasteiger partial charge is 0.355 e. The highest BCUT2D eigenvalue weighted by Gasteiger charge is 2.36. The Morgan fingerprint density at radius 1 is 0.180 bits per heavy atom. The zero-order valence-corrected chi connectivity index (χ0v) is 157. The number of nitrogens with one attached hydrogen (secondary N) is 1. The first-order chi connectivity index (χ1) is 74.5. The van der Waals surface area contributed by atoms with Crippen molar-refractivity contribution in [3.63, 3.8) is 0 Å². The maximum absolute atomic E-state index is 4.83. The molecule has 1 heterocycles. The normalized spacial score (nSPS) is 9.37. The number of aromatic nitrogens is 1. The second kappa shape index (κ2) is 119. The summed E-state index contributed by atoms with van der Waals surface area (Å²) < 4.78 is 2.37. The van der Waals surface area contributed by atoms with Gasteiger partial charge in [0, 0.05) is 1010 Å². The maximum Gasteiger partial charge on any atom is 0.0547 e. The first-order valence-electron chi connectivity index (χ1n) is 32.3. The number of anilines is 2. The Morgan fingerprint density at radius 2 is 0.387 bits per heavy atom. The predicted molar refractivity (Wildman–Crippen MR) is 976 cm³/mol. The van der Waals surface area contributed by atoms with E-state index in [2.05, 4.69) is 163 Å². The molecule has 150 heavy (non-hydrogen) atoms. The number of para-hydroxylation sites is 2. The van der Waals surface area contributed by atoms with Gasteiger partial charge in [-0.15, -0.1) is 0 Å². The number of rotatable bonds is 4. The minimum atomic E-state index is -0.00562. The summed E-state index contributed by atoms with van der Waals surface area (Å²) in [7, 11) is 194. The third-order valence-corrected chi connectivity index (χ3v) is 247. The summed E-state index contributed by atoms with van der Waals surface area (Å²) in [6.07, 6.45) is 0. The minimum absolute atomic E-state index is 0.00562. The van der Waals surface area contributed by atoms with Crippen LogP contribution in [0.2, 0.25) is 0 Å². The first kappa shape index (κ1) is 156. The lowest BCUT2D eigenvalue weighted by Crippen LogP contribution is -2.14. The number of fused-ring (bicyclic) bond motifs is 6. The Hall–Kier alpha value is 18.9. The van der Waals surface area contributed by atoms with E-state index < -0.39 is 0 Å². The fraction of sp³-hybridized carbons (Fsp3) is 0.0769. The Bertz CT molecular complexity index is 11500. The van der Waals surface area contributed by atoms with Gasteiger partial charge in [-0.05, 0) is 70.3 Å². The molecule has 1 aliphatic carbocycles. The molecule has 0 amide bonds. The highest BCUT2D eigenvalue weighted by Crippen LogP contribution is 2.51. The van der Waals surface area contributed by atoms with Crippen LogP contribution in [0.4, 0.5) is 11.4 Å². The molecule has 0 radical (unpaired) electrons. The van der Waals surface area contributed by atoms with Crippen molar-refractivity contribution in [1.82, 2.24) is 4.57 Å². The van der Waals surface area contributed by atoms with Gasteiger partial charge in [0.15, 0.2) is 0 Å². The summed E-state index contributed by atoms with van der Waals surface area (Å²) >= 11 is 9.66. The van der Waals surface area contributed by atoms with Crippen LogP contribution in [-0.2, 0) is 978 Å². The summed E-state index contributed by atoms with van der Waals surface area (Å²) in [5.74, 6) is 0. The molecule has 1 N–H and O–H groups in total. The van der Waals surface area contributed by atoms with Gasteiger partial charge in [-0.3, -0.25) is 0 Å². The molecule has 111 heteroatoms. The second-order valence-corrected chi connectivity index (χ2v) is 208. The van der Waals surface area contributed by atoms with Gasteiger partial charge in [-0.25, -0.2) is 0 Å². The van der Waals surface area contributed by atoms with Gasteiger partial charge in [-0.2, -0.15) is 0 Å². The van der Waals surface area contributed by atoms with Crippen LogP contribution in [0.3, 0.4) is 0 Å². The van der Waals surface area contributed by atoms with Gasteiger partial charge in [0.2, 0.25) is 0 Å². The lowest BCUT2D eigenvalue weighted by Gasteiger charge is -2.21. The topological polar surface area (TPSA) is 17.0 Å². The summed E-state index contributed by atoms with van der Waals surface area (Å²) in [4.78, 5) is 0. The third kappa shape index (κ3) is 85.4. The van der Waals surface area contributed by atoms with E-state index in [4.69, 9.17) is 22.4 Å². The molecule has 1 aliphatic rings.